The fourth-order valence-corrected chi connectivity index (χ4v) is 3.28. The Morgan fingerprint density at radius 3 is 2.62 bits per heavy atom. The molecule has 0 aliphatic carbocycles. The van der Waals surface area contributed by atoms with Crippen molar-refractivity contribution in [1.82, 2.24) is 4.31 Å². The monoisotopic (exact) mass is 311 g/mol. The van der Waals surface area contributed by atoms with Gasteiger partial charge in [0.05, 0.1) is 11.5 Å². The van der Waals surface area contributed by atoms with Crippen LogP contribution in [0, 0.1) is 5.82 Å². The molecule has 0 spiro atoms. The van der Waals surface area contributed by atoms with Crippen molar-refractivity contribution in [3.05, 3.63) is 28.5 Å². The van der Waals surface area contributed by atoms with Gasteiger partial charge in [-0.15, -0.1) is 0 Å². The smallest absolute Gasteiger partial charge is 0.244 e. The van der Waals surface area contributed by atoms with Gasteiger partial charge in [-0.25, -0.2) is 12.8 Å². The molecule has 0 heterocycles. The van der Waals surface area contributed by atoms with Crippen molar-refractivity contribution >= 4 is 26.0 Å². The van der Waals surface area contributed by atoms with Crippen LogP contribution < -0.4 is 0 Å². The molecular weight excluding hydrogens is 301 g/mol. The summed E-state index contributed by atoms with van der Waals surface area (Å²) in [5.74, 6) is -0.518. The highest BCUT2D eigenvalue weighted by atomic mass is 79.9. The summed E-state index contributed by atoms with van der Waals surface area (Å²) in [6, 6.07) is 3.34. The average Bonchev–Trinajstić information content (AvgIpc) is 2.17. The molecule has 7 heteroatoms. The summed E-state index contributed by atoms with van der Waals surface area (Å²) in [6.07, 6.45) is 0. The number of aliphatic hydroxyl groups is 1. The lowest BCUT2D eigenvalue weighted by Gasteiger charge is -2.16. The van der Waals surface area contributed by atoms with Crippen molar-refractivity contribution in [2.45, 2.75) is 4.90 Å². The minimum absolute atomic E-state index is 0.00779. The van der Waals surface area contributed by atoms with Crippen LogP contribution in [0.15, 0.2) is 27.6 Å². The van der Waals surface area contributed by atoms with Crippen LogP contribution in [0.2, 0.25) is 0 Å². The molecule has 0 bridgehead atoms. The van der Waals surface area contributed by atoms with Crippen LogP contribution in [-0.4, -0.2) is 38.0 Å². The maximum Gasteiger partial charge on any atom is 0.244 e. The van der Waals surface area contributed by atoms with Crippen molar-refractivity contribution in [2.24, 2.45) is 0 Å². The van der Waals surface area contributed by atoms with Crippen LogP contribution in [-0.2, 0) is 10.0 Å². The van der Waals surface area contributed by atoms with Gasteiger partial charge < -0.3 is 5.11 Å². The van der Waals surface area contributed by atoms with Gasteiger partial charge in [-0.05, 0) is 34.1 Å². The minimum Gasteiger partial charge on any atom is -0.395 e. The Balaban J connectivity index is 3.17. The van der Waals surface area contributed by atoms with E-state index in [-0.39, 0.29) is 22.5 Å². The second-order valence-corrected chi connectivity index (χ2v) is 5.99. The zero-order valence-corrected chi connectivity index (χ0v) is 10.9. The van der Waals surface area contributed by atoms with Crippen LogP contribution in [0.25, 0.3) is 0 Å². The van der Waals surface area contributed by atoms with Crippen molar-refractivity contribution < 1.29 is 17.9 Å². The van der Waals surface area contributed by atoms with Gasteiger partial charge in [0.1, 0.15) is 5.82 Å². The molecule has 0 radical (unpaired) electrons. The quantitative estimate of drug-likeness (QED) is 0.909. The Hall–Kier alpha value is -0.500. The molecule has 0 amide bonds. The van der Waals surface area contributed by atoms with Gasteiger partial charge in [-0.2, -0.15) is 4.31 Å². The third-order valence-corrected chi connectivity index (χ3v) is 4.83. The topological polar surface area (TPSA) is 57.6 Å². The summed E-state index contributed by atoms with van der Waals surface area (Å²) in [5, 5.41) is 8.68. The number of nitrogens with zero attached hydrogens (tertiary/aromatic N) is 1. The summed E-state index contributed by atoms with van der Waals surface area (Å²) in [5.41, 5.74) is 0. The molecule has 16 heavy (non-hydrogen) atoms. The molecule has 1 aromatic rings. The van der Waals surface area contributed by atoms with Crippen LogP contribution >= 0.6 is 15.9 Å². The SMILES string of the molecule is CN(CCO)S(=O)(=O)c1ccc(F)cc1Br. The number of hydrogen-bond acceptors (Lipinski definition) is 3. The Kier molecular flexibility index (Phi) is 4.43. The standard InChI is InChI=1S/C9H11BrFNO3S/c1-12(4-5-13)16(14,15)9-3-2-7(11)6-8(9)10/h2-3,6,13H,4-5H2,1H3. The lowest BCUT2D eigenvalue weighted by molar-refractivity contribution is 0.266. The van der Waals surface area contributed by atoms with Gasteiger partial charge in [-0.3, -0.25) is 0 Å². The van der Waals surface area contributed by atoms with Gasteiger partial charge in [0.2, 0.25) is 10.0 Å². The highest BCUT2D eigenvalue weighted by molar-refractivity contribution is 9.10. The third kappa shape index (κ3) is 2.79. The predicted molar refractivity (Wildman–Crippen MR) is 61.0 cm³/mol. The number of halogens is 2. The van der Waals surface area contributed by atoms with E-state index >= 15 is 0 Å². The largest absolute Gasteiger partial charge is 0.395 e. The number of benzene rings is 1. The van der Waals surface area contributed by atoms with Gasteiger partial charge in [0.25, 0.3) is 0 Å². The summed E-state index contributed by atoms with van der Waals surface area (Å²) in [4.78, 5) is -0.0233. The van der Waals surface area contributed by atoms with Gasteiger partial charge in [0.15, 0.2) is 0 Å². The maximum atomic E-state index is 12.8. The van der Waals surface area contributed by atoms with Crippen LogP contribution in [0.1, 0.15) is 0 Å². The molecule has 1 aromatic carbocycles. The Morgan fingerprint density at radius 2 is 2.12 bits per heavy atom. The molecule has 0 fully saturated rings. The maximum absolute atomic E-state index is 12.8. The molecule has 0 unspecified atom stereocenters. The number of sulfonamides is 1. The summed E-state index contributed by atoms with van der Waals surface area (Å²) >= 11 is 2.99. The molecule has 1 N–H and O–H groups in total. The second kappa shape index (κ2) is 5.22. The van der Waals surface area contributed by atoms with E-state index in [0.29, 0.717) is 0 Å². The van der Waals surface area contributed by atoms with E-state index in [2.05, 4.69) is 15.9 Å². The van der Waals surface area contributed by atoms with E-state index < -0.39 is 15.8 Å². The van der Waals surface area contributed by atoms with Crippen molar-refractivity contribution in [3.8, 4) is 0 Å². The van der Waals surface area contributed by atoms with E-state index in [1.807, 2.05) is 0 Å². The van der Waals surface area contributed by atoms with Crippen molar-refractivity contribution in [1.29, 1.82) is 0 Å². The first-order valence-corrected chi connectivity index (χ1v) is 6.65. The molecule has 0 saturated heterocycles. The highest BCUT2D eigenvalue weighted by Gasteiger charge is 2.22. The molecule has 0 aliphatic heterocycles. The Bertz CT molecular complexity index is 478. The summed E-state index contributed by atoms with van der Waals surface area (Å²) < 4.78 is 37.8. The molecule has 4 nitrogen and oxygen atoms in total. The minimum atomic E-state index is -3.69. The first-order valence-electron chi connectivity index (χ1n) is 4.42. The summed E-state index contributed by atoms with van der Waals surface area (Å²) in [7, 11) is -2.34. The third-order valence-electron chi connectivity index (χ3n) is 2.00. The first kappa shape index (κ1) is 13.6. The van der Waals surface area contributed by atoms with E-state index in [9.17, 15) is 12.8 Å². The van der Waals surface area contributed by atoms with E-state index in [1.165, 1.54) is 13.1 Å². The van der Waals surface area contributed by atoms with E-state index in [4.69, 9.17) is 5.11 Å². The van der Waals surface area contributed by atoms with Gasteiger partial charge in [0, 0.05) is 18.1 Å². The van der Waals surface area contributed by atoms with Crippen LogP contribution in [0.3, 0.4) is 0 Å². The molecule has 0 aromatic heterocycles. The van der Waals surface area contributed by atoms with Crippen molar-refractivity contribution in [2.75, 3.05) is 20.2 Å². The second-order valence-electron chi connectivity index (χ2n) is 3.12. The normalized spacial score (nSPS) is 12.1. The molecule has 90 valence electrons. The lowest BCUT2D eigenvalue weighted by Crippen LogP contribution is -2.29. The summed E-state index contributed by atoms with van der Waals surface area (Å²) in [6.45, 7) is -0.277. The average molecular weight is 312 g/mol. The van der Waals surface area contributed by atoms with Gasteiger partial charge in [-0.1, -0.05) is 0 Å². The van der Waals surface area contributed by atoms with Gasteiger partial charge >= 0.3 is 0 Å². The number of likely N-dealkylation sites (N-methyl/N-ethyl adjacent to an activating group) is 1. The number of aliphatic hydroxyl groups excluding tert-OH is 1. The first-order chi connectivity index (χ1) is 7.39. The Morgan fingerprint density at radius 1 is 1.50 bits per heavy atom. The molecule has 0 aliphatic rings. The molecular formula is C9H11BrFNO3S. The van der Waals surface area contributed by atoms with E-state index in [1.54, 1.807) is 0 Å². The lowest BCUT2D eigenvalue weighted by atomic mass is 10.3. The van der Waals surface area contributed by atoms with E-state index in [0.717, 1.165) is 16.4 Å². The van der Waals surface area contributed by atoms with Crippen molar-refractivity contribution in [3.63, 3.8) is 0 Å². The fourth-order valence-electron chi connectivity index (χ4n) is 1.11. The predicted octanol–water partition coefficient (Wildman–Crippen LogP) is 1.20. The Labute approximate surface area is 102 Å². The highest BCUT2D eigenvalue weighted by Crippen LogP contribution is 2.24. The van der Waals surface area contributed by atoms with Crippen LogP contribution in [0.4, 0.5) is 4.39 Å². The molecule has 1 rings (SSSR count). The number of hydrogen-bond donors (Lipinski definition) is 1. The molecule has 0 saturated carbocycles. The number of rotatable bonds is 4. The zero-order chi connectivity index (χ0) is 12.3. The fraction of sp³-hybridized carbons (Fsp3) is 0.333. The zero-order valence-electron chi connectivity index (χ0n) is 8.52. The van der Waals surface area contributed by atoms with Crippen LogP contribution in [0.5, 0.6) is 0 Å². The molecule has 0 atom stereocenters.